The summed E-state index contributed by atoms with van der Waals surface area (Å²) < 4.78 is 61.6. The number of hydrogen-bond acceptors (Lipinski definition) is 1. The first-order valence-corrected chi connectivity index (χ1v) is 4.48. The van der Waals surface area contributed by atoms with Gasteiger partial charge in [-0.25, -0.2) is 8.78 Å². The molecule has 1 aromatic rings. The van der Waals surface area contributed by atoms with Gasteiger partial charge in [-0.15, -0.1) is 11.6 Å². The van der Waals surface area contributed by atoms with E-state index in [9.17, 15) is 26.7 Å². The zero-order valence-electron chi connectivity index (χ0n) is 7.54. The minimum absolute atomic E-state index is 0.185. The third-order valence-corrected chi connectivity index (χ3v) is 2.05. The summed E-state index contributed by atoms with van der Waals surface area (Å²) in [6.07, 6.45) is -8.54. The van der Waals surface area contributed by atoms with Crippen LogP contribution in [0.25, 0.3) is 0 Å². The van der Waals surface area contributed by atoms with Crippen molar-refractivity contribution in [2.45, 2.75) is 18.5 Å². The van der Waals surface area contributed by atoms with Gasteiger partial charge in [0.15, 0.2) is 5.43 Å². The number of alkyl halides is 6. The molecular weight excluding hydrogens is 257 g/mol. The molecule has 0 saturated heterocycles. The van der Waals surface area contributed by atoms with Gasteiger partial charge in [0.2, 0.25) is 0 Å². The molecule has 1 aromatic heterocycles. The number of nitrogens with one attached hydrogen (secondary N) is 1. The fraction of sp³-hybridized carbons (Fsp3) is 0.375. The van der Waals surface area contributed by atoms with Crippen LogP contribution in [0, 0.1) is 0 Å². The molecule has 0 aromatic carbocycles. The average molecular weight is 262 g/mol. The largest absolute Gasteiger partial charge is 0.422 e. The summed E-state index contributed by atoms with van der Waals surface area (Å²) >= 11 is 5.25. The van der Waals surface area contributed by atoms with E-state index in [1.54, 1.807) is 0 Å². The minimum atomic E-state index is -5.12. The predicted molar refractivity (Wildman–Crippen MR) is 46.6 cm³/mol. The monoisotopic (exact) mass is 261 g/mol. The summed E-state index contributed by atoms with van der Waals surface area (Å²) in [5, 5.41) is 0. The topological polar surface area (TPSA) is 32.9 Å². The van der Waals surface area contributed by atoms with Crippen molar-refractivity contribution in [1.82, 2.24) is 4.98 Å². The van der Waals surface area contributed by atoms with Crippen molar-refractivity contribution in [1.29, 1.82) is 0 Å². The fourth-order valence-corrected chi connectivity index (χ4v) is 1.31. The van der Waals surface area contributed by atoms with Crippen LogP contribution in [0.2, 0.25) is 0 Å². The molecule has 0 aliphatic carbocycles. The first-order chi connectivity index (χ1) is 7.27. The van der Waals surface area contributed by atoms with Crippen LogP contribution in [0.1, 0.15) is 23.4 Å². The Morgan fingerprint density at radius 2 is 1.94 bits per heavy atom. The Labute approximate surface area is 91.0 Å². The predicted octanol–water partition coefficient (Wildman–Crippen LogP) is 3.07. The lowest BCUT2D eigenvalue weighted by molar-refractivity contribution is -0.140. The van der Waals surface area contributed by atoms with Crippen LogP contribution < -0.4 is 5.43 Å². The molecule has 0 aliphatic rings. The number of hydrogen-bond donors (Lipinski definition) is 1. The number of pyridine rings is 1. The van der Waals surface area contributed by atoms with Gasteiger partial charge >= 0.3 is 6.18 Å². The van der Waals surface area contributed by atoms with Crippen LogP contribution in [0.15, 0.2) is 10.9 Å². The molecule has 90 valence electrons. The van der Waals surface area contributed by atoms with Crippen molar-refractivity contribution in [3.63, 3.8) is 0 Å². The van der Waals surface area contributed by atoms with Gasteiger partial charge in [0.05, 0.1) is 11.6 Å². The Morgan fingerprint density at radius 1 is 1.38 bits per heavy atom. The van der Waals surface area contributed by atoms with Gasteiger partial charge in [-0.3, -0.25) is 4.79 Å². The van der Waals surface area contributed by atoms with Crippen molar-refractivity contribution in [3.05, 3.63) is 33.2 Å². The average Bonchev–Trinajstić information content (AvgIpc) is 2.14. The van der Waals surface area contributed by atoms with Crippen LogP contribution >= 0.6 is 11.6 Å². The Morgan fingerprint density at radius 3 is 2.31 bits per heavy atom. The van der Waals surface area contributed by atoms with E-state index in [1.807, 2.05) is 4.98 Å². The summed E-state index contributed by atoms with van der Waals surface area (Å²) in [4.78, 5) is 12.8. The third kappa shape index (κ3) is 2.52. The van der Waals surface area contributed by atoms with Gasteiger partial charge in [0, 0.05) is 11.8 Å². The number of rotatable bonds is 2. The molecule has 0 unspecified atom stereocenters. The van der Waals surface area contributed by atoms with Crippen molar-refractivity contribution < 1.29 is 22.0 Å². The molecule has 0 saturated carbocycles. The van der Waals surface area contributed by atoms with Crippen LogP contribution in [0.4, 0.5) is 22.0 Å². The lowest BCUT2D eigenvalue weighted by atomic mass is 10.1. The number of aromatic nitrogens is 1. The van der Waals surface area contributed by atoms with Gasteiger partial charge in [-0.1, -0.05) is 0 Å². The number of aromatic amines is 1. The molecule has 0 spiro atoms. The van der Waals surface area contributed by atoms with Crippen LogP contribution in [-0.4, -0.2) is 4.98 Å². The highest BCUT2D eigenvalue weighted by Crippen LogP contribution is 2.33. The van der Waals surface area contributed by atoms with E-state index in [0.717, 1.165) is 0 Å². The summed E-state index contributed by atoms with van der Waals surface area (Å²) in [5.74, 6) is -0.354. The molecule has 1 rings (SSSR count). The lowest BCUT2D eigenvalue weighted by Crippen LogP contribution is -2.24. The Kier molecular flexibility index (Phi) is 3.57. The highest BCUT2D eigenvalue weighted by Gasteiger charge is 2.39. The number of halogens is 6. The van der Waals surface area contributed by atoms with Crippen LogP contribution in [0.5, 0.6) is 0 Å². The number of H-pyrrole nitrogens is 1. The summed E-state index contributed by atoms with van der Waals surface area (Å²) in [5.41, 5.74) is -5.03. The van der Waals surface area contributed by atoms with Crippen molar-refractivity contribution in [3.8, 4) is 0 Å². The van der Waals surface area contributed by atoms with E-state index < -0.39 is 29.3 Å². The minimum Gasteiger partial charge on any atom is -0.356 e. The summed E-state index contributed by atoms with van der Waals surface area (Å²) in [6.45, 7) is 0. The normalized spacial score (nSPS) is 12.2. The second-order valence-electron chi connectivity index (χ2n) is 2.88. The molecule has 0 radical (unpaired) electrons. The first kappa shape index (κ1) is 13.0. The van der Waals surface area contributed by atoms with Gasteiger partial charge in [0.1, 0.15) is 5.56 Å². The van der Waals surface area contributed by atoms with E-state index in [4.69, 9.17) is 11.6 Å². The molecule has 0 bridgehead atoms. The highest BCUT2D eigenvalue weighted by molar-refractivity contribution is 6.16. The van der Waals surface area contributed by atoms with Crippen LogP contribution in [0.3, 0.4) is 0 Å². The Balaban J connectivity index is 3.53. The van der Waals surface area contributed by atoms with Gasteiger partial charge in [-0.2, -0.15) is 13.2 Å². The standard InChI is InChI=1S/C8H5ClF5NO/c9-2-3-1-4(16)5(8(12,13)14)6(15-3)7(10)11/h1,7H,2H2,(H,15,16). The maximum absolute atomic E-state index is 12.3. The van der Waals surface area contributed by atoms with Gasteiger partial charge < -0.3 is 4.98 Å². The second-order valence-corrected chi connectivity index (χ2v) is 3.15. The lowest BCUT2D eigenvalue weighted by Gasteiger charge is -2.12. The third-order valence-electron chi connectivity index (χ3n) is 1.76. The molecule has 0 atom stereocenters. The maximum atomic E-state index is 12.3. The van der Waals surface area contributed by atoms with E-state index in [0.29, 0.717) is 6.07 Å². The Hall–Kier alpha value is -1.11. The quantitative estimate of drug-likeness (QED) is 0.644. The molecular formula is C8H5ClF5NO. The van der Waals surface area contributed by atoms with Crippen molar-refractivity contribution >= 4 is 11.6 Å². The molecule has 2 nitrogen and oxygen atoms in total. The molecule has 8 heteroatoms. The first-order valence-electron chi connectivity index (χ1n) is 3.94. The highest BCUT2D eigenvalue weighted by atomic mass is 35.5. The SMILES string of the molecule is O=c1cc(CCl)[nH]c(C(F)F)c1C(F)(F)F. The molecule has 16 heavy (non-hydrogen) atoms. The molecule has 1 heterocycles. The van der Waals surface area contributed by atoms with E-state index in [2.05, 4.69) is 0 Å². The van der Waals surface area contributed by atoms with E-state index in [1.165, 1.54) is 0 Å². The molecule has 0 amide bonds. The molecule has 1 N–H and O–H groups in total. The fourth-order valence-electron chi connectivity index (χ4n) is 1.16. The van der Waals surface area contributed by atoms with Crippen molar-refractivity contribution in [2.24, 2.45) is 0 Å². The van der Waals surface area contributed by atoms with Crippen LogP contribution in [-0.2, 0) is 12.1 Å². The molecule has 0 aliphatic heterocycles. The molecule has 0 fully saturated rings. The summed E-state index contributed by atoms with van der Waals surface area (Å²) in [7, 11) is 0. The summed E-state index contributed by atoms with van der Waals surface area (Å²) in [6, 6.07) is 0.557. The van der Waals surface area contributed by atoms with E-state index >= 15 is 0 Å². The van der Waals surface area contributed by atoms with Gasteiger partial charge in [0.25, 0.3) is 6.43 Å². The Bertz CT molecular complexity index is 439. The zero-order chi connectivity index (χ0) is 12.5. The van der Waals surface area contributed by atoms with Crippen molar-refractivity contribution in [2.75, 3.05) is 0 Å². The smallest absolute Gasteiger partial charge is 0.356 e. The zero-order valence-corrected chi connectivity index (χ0v) is 8.29. The van der Waals surface area contributed by atoms with Gasteiger partial charge in [-0.05, 0) is 0 Å². The maximum Gasteiger partial charge on any atom is 0.422 e. The second kappa shape index (κ2) is 4.40. The van der Waals surface area contributed by atoms with E-state index in [-0.39, 0.29) is 11.6 Å².